The minimum atomic E-state index is -0.611. The van der Waals surface area contributed by atoms with E-state index in [1.54, 1.807) is 50.5 Å². The minimum absolute atomic E-state index is 0.00261. The topological polar surface area (TPSA) is 97.3 Å². The van der Waals surface area contributed by atoms with Gasteiger partial charge in [-0.15, -0.1) is 0 Å². The van der Waals surface area contributed by atoms with Gasteiger partial charge in [-0.05, 0) is 73.1 Å². The first-order chi connectivity index (χ1) is 17.7. The van der Waals surface area contributed by atoms with Crippen LogP contribution < -0.4 is 10.1 Å². The molecule has 0 heterocycles. The Morgan fingerprint density at radius 3 is 2.24 bits per heavy atom. The van der Waals surface area contributed by atoms with Gasteiger partial charge in [0.25, 0.3) is 5.91 Å². The fourth-order valence-electron chi connectivity index (χ4n) is 6.70. The van der Waals surface area contributed by atoms with E-state index in [0.29, 0.717) is 37.6 Å². The van der Waals surface area contributed by atoms with E-state index in [9.17, 15) is 14.7 Å². The summed E-state index contributed by atoms with van der Waals surface area (Å²) in [6, 6.07) is 7.07. The van der Waals surface area contributed by atoms with E-state index in [4.69, 9.17) is 14.2 Å². The van der Waals surface area contributed by atoms with Gasteiger partial charge in [0, 0.05) is 44.8 Å². The fourth-order valence-corrected chi connectivity index (χ4v) is 6.70. The summed E-state index contributed by atoms with van der Waals surface area (Å²) in [7, 11) is 4.86. The second-order valence-electron chi connectivity index (χ2n) is 11.2. The first-order valence-corrected chi connectivity index (χ1v) is 13.6. The zero-order valence-electron chi connectivity index (χ0n) is 23.4. The van der Waals surface area contributed by atoms with Crippen molar-refractivity contribution in [2.45, 2.75) is 58.6 Å². The number of ether oxygens (including phenoxy) is 3. The van der Waals surface area contributed by atoms with E-state index in [1.807, 2.05) is 6.92 Å². The molecule has 1 aromatic carbocycles. The summed E-state index contributed by atoms with van der Waals surface area (Å²) in [4.78, 5) is 28.3. The summed E-state index contributed by atoms with van der Waals surface area (Å²) in [6.45, 7) is 8.28. The monoisotopic (exact) mass is 518 g/mol. The molecule has 0 unspecified atom stereocenters. The minimum Gasteiger partial charge on any atom is -0.497 e. The molecule has 8 heteroatoms. The van der Waals surface area contributed by atoms with E-state index < -0.39 is 6.10 Å². The molecule has 0 saturated heterocycles. The van der Waals surface area contributed by atoms with Gasteiger partial charge < -0.3 is 29.5 Å². The lowest BCUT2D eigenvalue weighted by Gasteiger charge is -2.56. The predicted molar refractivity (Wildman–Crippen MR) is 142 cm³/mol. The number of carbonyl (C=O) groups excluding carboxylic acids is 2. The zero-order chi connectivity index (χ0) is 27.2. The Morgan fingerprint density at radius 1 is 1.08 bits per heavy atom. The van der Waals surface area contributed by atoms with Crippen molar-refractivity contribution in [2.75, 3.05) is 47.6 Å². The van der Waals surface area contributed by atoms with Crippen molar-refractivity contribution < 1.29 is 28.9 Å². The zero-order valence-corrected chi connectivity index (χ0v) is 23.4. The molecule has 7 atom stereocenters. The van der Waals surface area contributed by atoms with Crippen LogP contribution in [0.3, 0.4) is 0 Å². The summed E-state index contributed by atoms with van der Waals surface area (Å²) < 4.78 is 15.6. The van der Waals surface area contributed by atoms with Crippen molar-refractivity contribution in [2.24, 2.45) is 29.1 Å². The molecule has 0 radical (unpaired) electrons. The van der Waals surface area contributed by atoms with Crippen LogP contribution >= 0.6 is 0 Å². The van der Waals surface area contributed by atoms with Crippen LogP contribution in [0.2, 0.25) is 0 Å². The van der Waals surface area contributed by atoms with Crippen LogP contribution in [0.5, 0.6) is 5.75 Å². The molecule has 0 aliphatic heterocycles. The highest BCUT2D eigenvalue weighted by atomic mass is 16.5. The molecule has 0 bridgehead atoms. The lowest BCUT2D eigenvalue weighted by molar-refractivity contribution is -0.151. The lowest BCUT2D eigenvalue weighted by Crippen LogP contribution is -2.58. The van der Waals surface area contributed by atoms with E-state index in [-0.39, 0.29) is 46.9 Å². The summed E-state index contributed by atoms with van der Waals surface area (Å²) in [5.74, 6) is 0.282. The Kier molecular flexibility index (Phi) is 10.4. The average Bonchev–Trinajstić information content (AvgIpc) is 2.90. The van der Waals surface area contributed by atoms with Gasteiger partial charge in [0.1, 0.15) is 5.75 Å². The third-order valence-electron chi connectivity index (χ3n) is 9.03. The van der Waals surface area contributed by atoms with Crippen LogP contribution in [0.15, 0.2) is 24.3 Å². The summed E-state index contributed by atoms with van der Waals surface area (Å²) in [5.41, 5.74) is 0.584. The maximum Gasteiger partial charge on any atom is 0.251 e. The number of methoxy groups -OCH3 is 3. The van der Waals surface area contributed by atoms with Crippen molar-refractivity contribution in [1.29, 1.82) is 0 Å². The van der Waals surface area contributed by atoms with Gasteiger partial charge >= 0.3 is 0 Å². The van der Waals surface area contributed by atoms with Gasteiger partial charge in [0.15, 0.2) is 0 Å². The quantitative estimate of drug-likeness (QED) is 0.466. The molecule has 208 valence electrons. The van der Waals surface area contributed by atoms with Gasteiger partial charge in [-0.1, -0.05) is 20.8 Å². The van der Waals surface area contributed by atoms with E-state index >= 15 is 0 Å². The molecular formula is C29H46N2O6. The Balaban J connectivity index is 1.72. The van der Waals surface area contributed by atoms with Crippen LogP contribution in [-0.4, -0.2) is 81.6 Å². The van der Waals surface area contributed by atoms with Crippen LogP contribution in [-0.2, 0) is 14.3 Å². The number of nitrogens with zero attached hydrogens (tertiary/aromatic N) is 1. The smallest absolute Gasteiger partial charge is 0.251 e. The highest BCUT2D eigenvalue weighted by Crippen LogP contribution is 2.55. The first kappa shape index (κ1) is 29.4. The van der Waals surface area contributed by atoms with Crippen LogP contribution in [0.4, 0.5) is 0 Å². The number of hydrogen-bond donors (Lipinski definition) is 2. The number of hydrogen-bond acceptors (Lipinski definition) is 6. The number of aliphatic hydroxyl groups excluding tert-OH is 1. The summed E-state index contributed by atoms with van der Waals surface area (Å²) >= 11 is 0. The number of fused-ring (bicyclic) bond motifs is 1. The molecule has 2 N–H and O–H groups in total. The third kappa shape index (κ3) is 6.65. The molecule has 1 aromatic rings. The van der Waals surface area contributed by atoms with Crippen LogP contribution in [0, 0.1) is 29.1 Å². The van der Waals surface area contributed by atoms with Crippen molar-refractivity contribution >= 4 is 11.8 Å². The number of carbonyl (C=O) groups is 2. The molecule has 2 saturated carbocycles. The molecule has 2 fully saturated rings. The molecule has 0 spiro atoms. The van der Waals surface area contributed by atoms with Crippen LogP contribution in [0.25, 0.3) is 0 Å². The van der Waals surface area contributed by atoms with Crippen molar-refractivity contribution in [1.82, 2.24) is 10.2 Å². The van der Waals surface area contributed by atoms with E-state index in [1.165, 1.54) is 0 Å². The van der Waals surface area contributed by atoms with Gasteiger partial charge in [-0.3, -0.25) is 9.59 Å². The molecule has 2 aliphatic rings. The SMILES string of the molecule is COCCN(CCOC)C(=O)[C@@H](C)[C@@H]1CC[C@@]2(C)CC[C@H](NC(=O)c3ccc(OC)cc3)[C@@H](C)[C@@H]2[C@H]1O. The largest absolute Gasteiger partial charge is 0.497 e. The number of aliphatic hydroxyl groups is 1. The van der Waals surface area contributed by atoms with Crippen LogP contribution in [0.1, 0.15) is 56.8 Å². The summed E-state index contributed by atoms with van der Waals surface area (Å²) in [6.07, 6.45) is 3.00. The van der Waals surface area contributed by atoms with Gasteiger partial charge in [-0.2, -0.15) is 0 Å². The molecule has 37 heavy (non-hydrogen) atoms. The van der Waals surface area contributed by atoms with Gasteiger partial charge in [-0.25, -0.2) is 0 Å². The van der Waals surface area contributed by atoms with E-state index in [0.717, 1.165) is 25.7 Å². The maximum atomic E-state index is 13.5. The number of amides is 2. The molecule has 3 rings (SSSR count). The predicted octanol–water partition coefficient (Wildman–Crippen LogP) is 3.37. The standard InChI is InChI=1S/C29H46N2O6/c1-19(28(34)31(15-17-35-4)16-18-36-5)23-11-13-29(3)14-12-24(20(2)25(29)26(23)32)30-27(33)21-7-9-22(37-6)10-8-21/h7-10,19-20,23-26,32H,11-18H2,1-6H3,(H,30,33)/t19-,20+,23-,24-,25+,26-,29-/m0/s1. The highest BCUT2D eigenvalue weighted by molar-refractivity contribution is 5.94. The van der Waals surface area contributed by atoms with Crippen molar-refractivity contribution in [3.8, 4) is 5.75 Å². The number of benzene rings is 1. The second-order valence-corrected chi connectivity index (χ2v) is 11.2. The van der Waals surface area contributed by atoms with Crippen molar-refractivity contribution in [3.63, 3.8) is 0 Å². The van der Waals surface area contributed by atoms with Gasteiger partial charge in [0.2, 0.25) is 5.91 Å². The molecular weight excluding hydrogens is 472 g/mol. The number of nitrogens with one attached hydrogen (secondary N) is 1. The van der Waals surface area contributed by atoms with Crippen molar-refractivity contribution in [3.05, 3.63) is 29.8 Å². The fraction of sp³-hybridized carbons (Fsp3) is 0.724. The van der Waals surface area contributed by atoms with E-state index in [2.05, 4.69) is 19.2 Å². The normalized spacial score (nSPS) is 30.2. The molecule has 0 aromatic heterocycles. The number of rotatable bonds is 11. The lowest BCUT2D eigenvalue weighted by atomic mass is 9.51. The third-order valence-corrected chi connectivity index (χ3v) is 9.03. The molecule has 2 amide bonds. The highest BCUT2D eigenvalue weighted by Gasteiger charge is 2.54. The second kappa shape index (κ2) is 13.1. The molecule has 2 aliphatic carbocycles. The van der Waals surface area contributed by atoms with Gasteiger partial charge in [0.05, 0.1) is 26.4 Å². The average molecular weight is 519 g/mol. The Labute approximate surface area is 222 Å². The Bertz CT molecular complexity index is 885. The molecule has 8 nitrogen and oxygen atoms in total. The Hall–Kier alpha value is -2.16. The first-order valence-electron chi connectivity index (χ1n) is 13.6. The Morgan fingerprint density at radius 2 is 1.68 bits per heavy atom. The maximum absolute atomic E-state index is 13.5. The summed E-state index contributed by atoms with van der Waals surface area (Å²) in [5, 5.41) is 15.0.